The minimum atomic E-state index is -1.30. The number of nitro groups is 1. The number of hydrogen-bond acceptors (Lipinski definition) is 7. The molecule has 0 aliphatic heterocycles. The molecule has 0 fully saturated rings. The van der Waals surface area contributed by atoms with Gasteiger partial charge in [0.05, 0.1) is 22.1 Å². The molecular formula is C31H28N2O7. The fourth-order valence-electron chi connectivity index (χ4n) is 4.80. The zero-order chi connectivity index (χ0) is 28.5. The summed E-state index contributed by atoms with van der Waals surface area (Å²) in [6.45, 7) is -0.218. The smallest absolute Gasteiger partial charge is 0.321 e. The summed E-state index contributed by atoms with van der Waals surface area (Å²) in [5.41, 5.74) is 0.966. The maximum atomic E-state index is 12.8. The highest BCUT2D eigenvalue weighted by molar-refractivity contribution is 5.82. The van der Waals surface area contributed by atoms with Crippen LogP contribution in [0.5, 0.6) is 5.75 Å². The Balaban J connectivity index is 1.88. The lowest BCUT2D eigenvalue weighted by Gasteiger charge is -2.39. The number of carbonyl (C=O) groups is 2. The second-order valence-electron chi connectivity index (χ2n) is 9.03. The molecule has 40 heavy (non-hydrogen) atoms. The Morgan fingerprint density at radius 2 is 1.45 bits per heavy atom. The van der Waals surface area contributed by atoms with Crippen molar-refractivity contribution in [2.24, 2.45) is 0 Å². The van der Waals surface area contributed by atoms with Gasteiger partial charge in [0.1, 0.15) is 11.8 Å². The van der Waals surface area contributed by atoms with E-state index in [1.165, 1.54) is 13.2 Å². The lowest BCUT2D eigenvalue weighted by atomic mass is 9.76. The second-order valence-corrected chi connectivity index (χ2v) is 9.03. The van der Waals surface area contributed by atoms with Gasteiger partial charge in [-0.2, -0.15) is 0 Å². The van der Waals surface area contributed by atoms with Gasteiger partial charge < -0.3 is 14.6 Å². The first-order valence-corrected chi connectivity index (χ1v) is 12.5. The monoisotopic (exact) mass is 540 g/mol. The molecule has 9 heteroatoms. The fourth-order valence-corrected chi connectivity index (χ4v) is 4.80. The quantitative estimate of drug-likeness (QED) is 0.0800. The third-order valence-electron chi connectivity index (χ3n) is 6.60. The molecule has 0 amide bonds. The Morgan fingerprint density at radius 1 is 0.950 bits per heavy atom. The van der Waals surface area contributed by atoms with E-state index in [2.05, 4.69) is 5.32 Å². The van der Waals surface area contributed by atoms with Crippen molar-refractivity contribution >= 4 is 17.9 Å². The Bertz CT molecular complexity index is 1360. The molecule has 1 atom stereocenters. The third-order valence-corrected chi connectivity index (χ3v) is 6.60. The van der Waals surface area contributed by atoms with Gasteiger partial charge in [-0.15, -0.1) is 0 Å². The Labute approximate surface area is 231 Å². The van der Waals surface area contributed by atoms with E-state index in [0.29, 0.717) is 6.29 Å². The first-order valence-electron chi connectivity index (χ1n) is 12.5. The van der Waals surface area contributed by atoms with Gasteiger partial charge in [-0.1, -0.05) is 91.0 Å². The van der Waals surface area contributed by atoms with Gasteiger partial charge in [-0.05, 0) is 22.8 Å². The molecule has 204 valence electrons. The van der Waals surface area contributed by atoms with E-state index in [0.717, 1.165) is 22.8 Å². The molecule has 0 aliphatic rings. The van der Waals surface area contributed by atoms with E-state index in [-0.39, 0.29) is 35.8 Å². The molecule has 0 bridgehead atoms. The van der Waals surface area contributed by atoms with Gasteiger partial charge in [0, 0.05) is 19.1 Å². The van der Waals surface area contributed by atoms with E-state index in [1.54, 1.807) is 0 Å². The zero-order valence-electron chi connectivity index (χ0n) is 21.7. The molecule has 0 saturated heterocycles. The highest BCUT2D eigenvalue weighted by atomic mass is 16.7. The van der Waals surface area contributed by atoms with Crippen molar-refractivity contribution in [3.63, 3.8) is 0 Å². The van der Waals surface area contributed by atoms with E-state index < -0.39 is 22.5 Å². The first kappa shape index (κ1) is 28.2. The van der Waals surface area contributed by atoms with Crippen LogP contribution in [0.25, 0.3) is 0 Å². The number of nitrogens with zero attached hydrogens (tertiary/aromatic N) is 1. The summed E-state index contributed by atoms with van der Waals surface area (Å²) in [4.78, 5) is 36.0. The maximum Gasteiger partial charge on any atom is 0.321 e. The summed E-state index contributed by atoms with van der Waals surface area (Å²) < 4.78 is 10.2. The van der Waals surface area contributed by atoms with Gasteiger partial charge in [0.2, 0.25) is 0 Å². The van der Waals surface area contributed by atoms with Crippen LogP contribution in [0.15, 0.2) is 103 Å². The van der Waals surface area contributed by atoms with Crippen molar-refractivity contribution in [2.45, 2.75) is 18.0 Å². The fraction of sp³-hybridized carbons (Fsp3) is 0.161. The van der Waals surface area contributed by atoms with Gasteiger partial charge in [-0.25, -0.2) is 0 Å². The summed E-state index contributed by atoms with van der Waals surface area (Å²) >= 11 is 0. The molecule has 2 N–H and O–H groups in total. The Morgan fingerprint density at radius 3 is 1.85 bits per heavy atom. The molecule has 0 spiro atoms. The van der Waals surface area contributed by atoms with Crippen LogP contribution in [-0.4, -0.2) is 42.2 Å². The summed E-state index contributed by atoms with van der Waals surface area (Å²) in [5, 5.41) is 25.8. The van der Waals surface area contributed by atoms with Crippen LogP contribution in [0.4, 0.5) is 5.69 Å². The number of carbonyl (C=O) groups excluding carboxylic acids is 1. The summed E-state index contributed by atoms with van der Waals surface area (Å²) in [6.07, 6.45) is 0.217. The number of nitrogens with one attached hydrogen (secondary N) is 1. The maximum absolute atomic E-state index is 12.8. The topological polar surface area (TPSA) is 128 Å². The van der Waals surface area contributed by atoms with E-state index in [1.807, 2.05) is 91.0 Å². The van der Waals surface area contributed by atoms with Crippen LogP contribution in [-0.2, 0) is 21.5 Å². The summed E-state index contributed by atoms with van der Waals surface area (Å²) in [6, 6.07) is 29.4. The number of ether oxygens (including phenoxy) is 2. The summed E-state index contributed by atoms with van der Waals surface area (Å²) in [7, 11) is 1.38. The van der Waals surface area contributed by atoms with Crippen molar-refractivity contribution in [1.82, 2.24) is 5.32 Å². The number of carboxylic acids is 1. The normalized spacial score (nSPS) is 11.9. The molecule has 4 aromatic carbocycles. The van der Waals surface area contributed by atoms with Crippen LogP contribution < -0.4 is 10.1 Å². The minimum absolute atomic E-state index is 0.0284. The van der Waals surface area contributed by atoms with Crippen LogP contribution in [0.1, 0.15) is 32.6 Å². The van der Waals surface area contributed by atoms with Crippen molar-refractivity contribution in [3.05, 3.63) is 141 Å². The van der Waals surface area contributed by atoms with Gasteiger partial charge >= 0.3 is 5.97 Å². The van der Waals surface area contributed by atoms with Gasteiger partial charge in [0.15, 0.2) is 13.1 Å². The highest BCUT2D eigenvalue weighted by Crippen LogP contribution is 2.38. The highest BCUT2D eigenvalue weighted by Gasteiger charge is 2.40. The largest absolute Gasteiger partial charge is 0.480 e. The van der Waals surface area contributed by atoms with Crippen molar-refractivity contribution < 1.29 is 29.1 Å². The van der Waals surface area contributed by atoms with Crippen LogP contribution in [0, 0.1) is 10.1 Å². The average Bonchev–Trinajstić information content (AvgIpc) is 2.99. The van der Waals surface area contributed by atoms with Crippen LogP contribution in [0.2, 0.25) is 0 Å². The zero-order valence-corrected chi connectivity index (χ0v) is 21.7. The van der Waals surface area contributed by atoms with Crippen molar-refractivity contribution in [1.29, 1.82) is 0 Å². The molecule has 9 nitrogen and oxygen atoms in total. The lowest BCUT2D eigenvalue weighted by molar-refractivity contribution is -0.385. The number of aliphatic carboxylic acids is 1. The SMILES string of the molecule is COCOc1cc([N+](=O)[O-])c(CC(NC(c2ccccc2)(c2ccccc2)c2ccccc2)C(=O)O)cc1C=O. The van der Waals surface area contributed by atoms with Crippen LogP contribution in [0.3, 0.4) is 0 Å². The lowest BCUT2D eigenvalue weighted by Crippen LogP contribution is -2.53. The number of hydrogen-bond donors (Lipinski definition) is 2. The van der Waals surface area contributed by atoms with Crippen molar-refractivity contribution in [3.8, 4) is 5.75 Å². The van der Waals surface area contributed by atoms with Crippen LogP contribution >= 0.6 is 0 Å². The number of methoxy groups -OCH3 is 1. The molecule has 1 unspecified atom stereocenters. The Hall–Kier alpha value is -4.86. The third kappa shape index (κ3) is 5.90. The van der Waals surface area contributed by atoms with E-state index in [4.69, 9.17) is 9.47 Å². The van der Waals surface area contributed by atoms with Gasteiger partial charge in [-0.3, -0.25) is 25.0 Å². The number of aldehydes is 1. The van der Waals surface area contributed by atoms with E-state index >= 15 is 0 Å². The van der Waals surface area contributed by atoms with Crippen molar-refractivity contribution in [2.75, 3.05) is 13.9 Å². The Kier molecular flexibility index (Phi) is 9.00. The number of benzene rings is 4. The standard InChI is InChI=1S/C31H28N2O7/c1-39-21-40-29-19-28(33(37)38)22(17-23(29)20-34)18-27(30(35)36)32-31(24-11-5-2-6-12-24,25-13-7-3-8-14-25)26-15-9-4-10-16-26/h2-17,19-20,27,32H,18,21H2,1H3,(H,35,36). The second kappa shape index (κ2) is 12.8. The molecule has 4 aromatic rings. The minimum Gasteiger partial charge on any atom is -0.480 e. The molecular weight excluding hydrogens is 512 g/mol. The average molecular weight is 541 g/mol. The summed E-state index contributed by atoms with van der Waals surface area (Å²) in [5.74, 6) is -1.24. The molecule has 0 aromatic heterocycles. The van der Waals surface area contributed by atoms with Gasteiger partial charge in [0.25, 0.3) is 5.69 Å². The predicted molar refractivity (Wildman–Crippen MR) is 148 cm³/mol. The molecule has 0 heterocycles. The predicted octanol–water partition coefficient (Wildman–Crippen LogP) is 4.97. The number of nitro benzene ring substituents is 1. The first-order chi connectivity index (χ1) is 19.4. The molecule has 0 aliphatic carbocycles. The molecule has 0 radical (unpaired) electrons. The molecule has 0 saturated carbocycles. The van der Waals surface area contributed by atoms with E-state index in [9.17, 15) is 24.8 Å². The molecule has 4 rings (SSSR count). The number of carboxylic acid groups (broad SMARTS) is 1. The number of rotatable bonds is 13.